The van der Waals surface area contributed by atoms with Gasteiger partial charge >= 0.3 is 0 Å². The van der Waals surface area contributed by atoms with Crippen molar-refractivity contribution in [2.45, 2.75) is 39.5 Å². The number of halogens is 1. The molecule has 1 aromatic rings. The van der Waals surface area contributed by atoms with Crippen LogP contribution in [0.2, 0.25) is 0 Å². The van der Waals surface area contributed by atoms with Crippen LogP contribution < -0.4 is 0 Å². The lowest BCUT2D eigenvalue weighted by Gasteiger charge is -2.18. The standard InChI is InChI=1S/C17H24BrN/c1-3-5-13-19(14-6-4-2)15-7-8-16-9-11-17(18)12-10-16/h9-12H,3-6,13-15H2,1-2H3. The summed E-state index contributed by atoms with van der Waals surface area (Å²) < 4.78 is 1.10. The molecule has 0 fully saturated rings. The summed E-state index contributed by atoms with van der Waals surface area (Å²) in [5.41, 5.74) is 1.09. The molecule has 104 valence electrons. The predicted molar refractivity (Wildman–Crippen MR) is 87.3 cm³/mol. The van der Waals surface area contributed by atoms with Gasteiger partial charge in [0.05, 0.1) is 6.54 Å². The molecule has 0 amide bonds. The summed E-state index contributed by atoms with van der Waals surface area (Å²) in [5, 5.41) is 0. The zero-order valence-corrected chi connectivity index (χ0v) is 13.7. The second-order valence-electron chi connectivity index (χ2n) is 4.79. The van der Waals surface area contributed by atoms with Crippen LogP contribution in [-0.2, 0) is 0 Å². The van der Waals surface area contributed by atoms with Crippen molar-refractivity contribution in [1.29, 1.82) is 0 Å². The van der Waals surface area contributed by atoms with Gasteiger partial charge in [-0.05, 0) is 50.2 Å². The monoisotopic (exact) mass is 321 g/mol. The van der Waals surface area contributed by atoms with E-state index in [9.17, 15) is 0 Å². The van der Waals surface area contributed by atoms with Gasteiger partial charge in [0.15, 0.2) is 0 Å². The van der Waals surface area contributed by atoms with E-state index in [0.717, 1.165) is 16.6 Å². The van der Waals surface area contributed by atoms with Gasteiger partial charge in [0, 0.05) is 10.0 Å². The summed E-state index contributed by atoms with van der Waals surface area (Å²) in [6.07, 6.45) is 5.04. The summed E-state index contributed by atoms with van der Waals surface area (Å²) >= 11 is 3.44. The van der Waals surface area contributed by atoms with Crippen LogP contribution in [0.5, 0.6) is 0 Å². The van der Waals surface area contributed by atoms with Gasteiger partial charge in [-0.3, -0.25) is 4.90 Å². The van der Waals surface area contributed by atoms with Crippen molar-refractivity contribution < 1.29 is 0 Å². The van der Waals surface area contributed by atoms with Gasteiger partial charge in [-0.15, -0.1) is 0 Å². The van der Waals surface area contributed by atoms with E-state index in [1.54, 1.807) is 0 Å². The second-order valence-corrected chi connectivity index (χ2v) is 5.71. The highest BCUT2D eigenvalue weighted by Gasteiger charge is 2.00. The van der Waals surface area contributed by atoms with E-state index in [4.69, 9.17) is 0 Å². The first kappa shape index (κ1) is 16.3. The van der Waals surface area contributed by atoms with Gasteiger partial charge < -0.3 is 0 Å². The quantitative estimate of drug-likeness (QED) is 0.658. The van der Waals surface area contributed by atoms with E-state index >= 15 is 0 Å². The third-order valence-electron chi connectivity index (χ3n) is 3.04. The Balaban J connectivity index is 2.47. The summed E-state index contributed by atoms with van der Waals surface area (Å²) in [7, 11) is 0. The minimum atomic E-state index is 0.885. The Labute approximate surface area is 126 Å². The molecule has 0 heterocycles. The molecule has 0 N–H and O–H groups in total. The molecule has 0 saturated carbocycles. The molecule has 0 radical (unpaired) electrons. The molecular formula is C17H24BrN. The molecule has 0 atom stereocenters. The summed E-state index contributed by atoms with van der Waals surface area (Å²) in [5.74, 6) is 6.54. The van der Waals surface area contributed by atoms with Gasteiger partial charge in [-0.25, -0.2) is 0 Å². The first-order chi connectivity index (χ1) is 9.26. The fourth-order valence-corrected chi connectivity index (χ4v) is 2.08. The molecule has 0 aliphatic rings. The summed E-state index contributed by atoms with van der Waals surface area (Å²) in [6.45, 7) is 7.71. The zero-order chi connectivity index (χ0) is 13.9. The Morgan fingerprint density at radius 1 is 1.00 bits per heavy atom. The highest BCUT2D eigenvalue weighted by Crippen LogP contribution is 2.09. The number of nitrogens with zero attached hydrogens (tertiary/aromatic N) is 1. The Morgan fingerprint density at radius 2 is 1.58 bits per heavy atom. The van der Waals surface area contributed by atoms with E-state index in [0.29, 0.717) is 0 Å². The van der Waals surface area contributed by atoms with Crippen LogP contribution in [0.25, 0.3) is 0 Å². The van der Waals surface area contributed by atoms with E-state index < -0.39 is 0 Å². The van der Waals surface area contributed by atoms with Crippen molar-refractivity contribution in [3.05, 3.63) is 34.3 Å². The maximum absolute atomic E-state index is 3.44. The maximum Gasteiger partial charge on any atom is 0.0605 e. The smallest absolute Gasteiger partial charge is 0.0605 e. The average molecular weight is 322 g/mol. The topological polar surface area (TPSA) is 3.24 Å². The zero-order valence-electron chi connectivity index (χ0n) is 12.1. The molecular weight excluding hydrogens is 298 g/mol. The Bertz CT molecular complexity index is 392. The van der Waals surface area contributed by atoms with Gasteiger partial charge in [-0.2, -0.15) is 0 Å². The molecule has 0 unspecified atom stereocenters. The average Bonchev–Trinajstić information content (AvgIpc) is 2.43. The van der Waals surface area contributed by atoms with Crippen LogP contribution in [0, 0.1) is 11.8 Å². The third-order valence-corrected chi connectivity index (χ3v) is 3.56. The molecule has 0 saturated heterocycles. The summed E-state index contributed by atoms with van der Waals surface area (Å²) in [4.78, 5) is 2.47. The van der Waals surface area contributed by atoms with Gasteiger partial charge in [0.2, 0.25) is 0 Å². The minimum Gasteiger partial charge on any atom is -0.292 e. The van der Waals surface area contributed by atoms with Crippen LogP contribution in [0.1, 0.15) is 45.1 Å². The van der Waals surface area contributed by atoms with E-state index in [-0.39, 0.29) is 0 Å². The minimum absolute atomic E-state index is 0.885. The normalized spacial score (nSPS) is 10.3. The first-order valence-electron chi connectivity index (χ1n) is 7.23. The molecule has 0 spiro atoms. The Morgan fingerprint density at radius 3 is 2.11 bits per heavy atom. The number of rotatable bonds is 7. The third kappa shape index (κ3) is 7.40. The molecule has 0 aromatic heterocycles. The largest absolute Gasteiger partial charge is 0.292 e. The van der Waals surface area contributed by atoms with Crippen molar-refractivity contribution in [1.82, 2.24) is 4.90 Å². The van der Waals surface area contributed by atoms with Crippen LogP contribution in [0.15, 0.2) is 28.7 Å². The highest BCUT2D eigenvalue weighted by molar-refractivity contribution is 9.10. The highest BCUT2D eigenvalue weighted by atomic mass is 79.9. The molecule has 0 aliphatic carbocycles. The van der Waals surface area contributed by atoms with Crippen molar-refractivity contribution in [2.24, 2.45) is 0 Å². The molecule has 2 heteroatoms. The molecule has 1 rings (SSSR count). The van der Waals surface area contributed by atoms with Gasteiger partial charge in [0.1, 0.15) is 0 Å². The number of hydrogen-bond donors (Lipinski definition) is 0. The van der Waals surface area contributed by atoms with E-state index in [1.165, 1.54) is 38.8 Å². The van der Waals surface area contributed by atoms with Crippen molar-refractivity contribution in [2.75, 3.05) is 19.6 Å². The first-order valence-corrected chi connectivity index (χ1v) is 8.02. The molecule has 19 heavy (non-hydrogen) atoms. The van der Waals surface area contributed by atoms with Crippen molar-refractivity contribution in [3.8, 4) is 11.8 Å². The van der Waals surface area contributed by atoms with E-state index in [1.807, 2.05) is 12.1 Å². The lowest BCUT2D eigenvalue weighted by molar-refractivity contribution is 0.296. The van der Waals surface area contributed by atoms with Crippen molar-refractivity contribution >= 4 is 15.9 Å². The molecule has 0 aliphatic heterocycles. The van der Waals surface area contributed by atoms with Crippen LogP contribution >= 0.6 is 15.9 Å². The lowest BCUT2D eigenvalue weighted by Crippen LogP contribution is -2.26. The van der Waals surface area contributed by atoms with Crippen molar-refractivity contribution in [3.63, 3.8) is 0 Å². The molecule has 1 nitrogen and oxygen atoms in total. The Kier molecular flexibility index (Phi) is 8.62. The molecule has 1 aromatic carbocycles. The fourth-order valence-electron chi connectivity index (χ4n) is 1.82. The lowest BCUT2D eigenvalue weighted by atomic mass is 10.2. The maximum atomic E-state index is 3.44. The molecule has 0 bridgehead atoms. The van der Waals surface area contributed by atoms with Crippen LogP contribution in [0.3, 0.4) is 0 Å². The summed E-state index contributed by atoms with van der Waals surface area (Å²) in [6, 6.07) is 8.19. The number of benzene rings is 1. The Hall–Kier alpha value is -0.780. The van der Waals surface area contributed by atoms with Crippen LogP contribution in [-0.4, -0.2) is 24.5 Å². The van der Waals surface area contributed by atoms with Gasteiger partial charge in [-0.1, -0.05) is 54.5 Å². The predicted octanol–water partition coefficient (Wildman–Crippen LogP) is 4.70. The SMILES string of the molecule is CCCCN(CC#Cc1ccc(Br)cc1)CCCC. The fraction of sp³-hybridized carbons (Fsp3) is 0.529. The van der Waals surface area contributed by atoms with E-state index in [2.05, 4.69) is 58.7 Å². The number of unbranched alkanes of at least 4 members (excludes halogenated alkanes) is 2. The van der Waals surface area contributed by atoms with Gasteiger partial charge in [0.25, 0.3) is 0 Å². The second kappa shape index (κ2) is 10.1. The van der Waals surface area contributed by atoms with Crippen LogP contribution in [0.4, 0.5) is 0 Å². The number of hydrogen-bond acceptors (Lipinski definition) is 1.